The van der Waals surface area contributed by atoms with Gasteiger partial charge in [-0.05, 0) is 32.4 Å². The van der Waals surface area contributed by atoms with Crippen LogP contribution in [0.5, 0.6) is 11.5 Å². The van der Waals surface area contributed by atoms with E-state index in [-0.39, 0.29) is 23.9 Å². The molecule has 0 spiro atoms. The van der Waals surface area contributed by atoms with Gasteiger partial charge in [-0.2, -0.15) is 0 Å². The van der Waals surface area contributed by atoms with Crippen LogP contribution in [-0.2, 0) is 0 Å². The summed E-state index contributed by atoms with van der Waals surface area (Å²) in [5.41, 5.74) is 0.597. The number of hydrogen-bond acceptors (Lipinski definition) is 3. The van der Waals surface area contributed by atoms with Crippen LogP contribution < -0.4 is 14.8 Å². The highest BCUT2D eigenvalue weighted by Gasteiger charge is 2.47. The Bertz CT molecular complexity index is 740. The van der Waals surface area contributed by atoms with Crippen LogP contribution in [0.4, 0.5) is 18.0 Å². The average molecular weight is 370 g/mol. The molecular weight excluding hydrogens is 349 g/mol. The molecule has 0 unspecified atom stereocenters. The molecule has 2 fully saturated rings. The van der Waals surface area contributed by atoms with E-state index in [9.17, 15) is 18.0 Å². The van der Waals surface area contributed by atoms with E-state index in [2.05, 4.69) is 16.6 Å². The summed E-state index contributed by atoms with van der Waals surface area (Å²) in [6, 6.07) is 4.16. The van der Waals surface area contributed by atoms with Gasteiger partial charge in [0.1, 0.15) is 17.6 Å². The van der Waals surface area contributed by atoms with E-state index in [0.29, 0.717) is 29.9 Å². The van der Waals surface area contributed by atoms with Crippen molar-refractivity contribution in [2.45, 2.75) is 57.7 Å². The molecular formula is C18H21F3N2O3. The minimum absolute atomic E-state index is 0.0226. The summed E-state index contributed by atoms with van der Waals surface area (Å²) in [5, 5.41) is 2.87. The number of ether oxygens (including phenoxy) is 2. The fraction of sp³-hybridized carbons (Fsp3) is 0.500. The molecule has 1 N–H and O–H groups in total. The molecule has 1 aromatic carbocycles. The van der Waals surface area contributed by atoms with Gasteiger partial charge in [0.25, 0.3) is 0 Å². The first-order chi connectivity index (χ1) is 12.0. The predicted molar refractivity (Wildman–Crippen MR) is 88.9 cm³/mol. The van der Waals surface area contributed by atoms with Gasteiger partial charge in [0.15, 0.2) is 0 Å². The van der Waals surface area contributed by atoms with Crippen molar-refractivity contribution in [3.05, 3.63) is 36.0 Å². The molecule has 3 rings (SSSR count). The molecule has 8 heteroatoms. The van der Waals surface area contributed by atoms with Gasteiger partial charge < -0.3 is 14.8 Å². The third kappa shape index (κ3) is 3.59. The van der Waals surface area contributed by atoms with Crippen molar-refractivity contribution in [2.24, 2.45) is 0 Å². The van der Waals surface area contributed by atoms with Gasteiger partial charge in [-0.25, -0.2) is 4.79 Å². The lowest BCUT2D eigenvalue weighted by Crippen LogP contribution is -2.49. The van der Waals surface area contributed by atoms with E-state index in [1.54, 1.807) is 11.0 Å². The van der Waals surface area contributed by atoms with Crippen LogP contribution in [0.2, 0.25) is 0 Å². The Balaban J connectivity index is 1.60. The Morgan fingerprint density at radius 1 is 1.31 bits per heavy atom. The molecule has 0 radical (unpaired) electrons. The molecule has 1 heterocycles. The smallest absolute Gasteiger partial charge is 0.490 e. The van der Waals surface area contributed by atoms with Crippen LogP contribution in [-0.4, -0.2) is 35.0 Å². The summed E-state index contributed by atoms with van der Waals surface area (Å²) >= 11 is 0. The Morgan fingerprint density at radius 2 is 1.96 bits per heavy atom. The molecule has 1 aliphatic heterocycles. The molecule has 26 heavy (non-hydrogen) atoms. The summed E-state index contributed by atoms with van der Waals surface area (Å²) in [7, 11) is 0. The van der Waals surface area contributed by atoms with E-state index < -0.39 is 11.9 Å². The van der Waals surface area contributed by atoms with Gasteiger partial charge in [-0.1, -0.05) is 12.6 Å². The molecule has 0 aromatic heterocycles. The number of hydrogen-bond donors (Lipinski definition) is 1. The van der Waals surface area contributed by atoms with Crippen molar-refractivity contribution in [3.63, 3.8) is 0 Å². The number of rotatable bonds is 4. The SMILES string of the molecule is C=C1N([C@H]2C[C@@H](Oc3ccc(C)c(OC(F)(F)F)c3)C2)C(=O)NC1(C)C. The van der Waals surface area contributed by atoms with Gasteiger partial charge in [0, 0.05) is 30.6 Å². The van der Waals surface area contributed by atoms with Crippen LogP contribution in [0.3, 0.4) is 0 Å². The lowest BCUT2D eigenvalue weighted by atomic mass is 9.87. The molecule has 1 aromatic rings. The van der Waals surface area contributed by atoms with Crippen molar-refractivity contribution >= 4 is 6.03 Å². The number of carbonyl (C=O) groups is 1. The second-order valence-corrected chi connectivity index (χ2v) is 7.21. The number of carbonyl (C=O) groups excluding carboxylic acids is 1. The topological polar surface area (TPSA) is 50.8 Å². The second-order valence-electron chi connectivity index (χ2n) is 7.21. The highest BCUT2D eigenvalue weighted by atomic mass is 19.4. The van der Waals surface area contributed by atoms with E-state index in [0.717, 1.165) is 0 Å². The molecule has 0 bridgehead atoms. The van der Waals surface area contributed by atoms with Crippen LogP contribution in [0.15, 0.2) is 30.5 Å². The van der Waals surface area contributed by atoms with Crippen molar-refractivity contribution in [2.75, 3.05) is 0 Å². The average Bonchev–Trinajstić information content (AvgIpc) is 2.65. The van der Waals surface area contributed by atoms with Crippen LogP contribution in [0, 0.1) is 6.92 Å². The van der Waals surface area contributed by atoms with Gasteiger partial charge in [0.2, 0.25) is 0 Å². The van der Waals surface area contributed by atoms with E-state index in [1.165, 1.54) is 19.1 Å². The third-order valence-corrected chi connectivity index (χ3v) is 4.77. The Morgan fingerprint density at radius 3 is 2.50 bits per heavy atom. The lowest BCUT2D eigenvalue weighted by molar-refractivity contribution is -0.274. The Kier molecular flexibility index (Phi) is 4.32. The molecule has 2 amide bonds. The number of nitrogens with zero attached hydrogens (tertiary/aromatic N) is 1. The lowest BCUT2D eigenvalue weighted by Gasteiger charge is -2.41. The van der Waals surface area contributed by atoms with Crippen molar-refractivity contribution in [1.29, 1.82) is 0 Å². The minimum Gasteiger partial charge on any atom is -0.490 e. The summed E-state index contributed by atoms with van der Waals surface area (Å²) in [6.45, 7) is 9.28. The van der Waals surface area contributed by atoms with Crippen LogP contribution in [0.1, 0.15) is 32.3 Å². The Hall–Kier alpha value is -2.38. The van der Waals surface area contributed by atoms with Crippen LogP contribution >= 0.6 is 0 Å². The second kappa shape index (κ2) is 6.10. The maximum absolute atomic E-state index is 12.4. The number of nitrogens with one attached hydrogen (secondary N) is 1. The highest BCUT2D eigenvalue weighted by molar-refractivity contribution is 5.82. The molecule has 0 atom stereocenters. The normalized spacial score (nSPS) is 24.9. The molecule has 1 saturated heterocycles. The number of aryl methyl sites for hydroxylation is 1. The van der Waals surface area contributed by atoms with Crippen molar-refractivity contribution < 1.29 is 27.4 Å². The van der Waals surface area contributed by atoms with E-state index in [4.69, 9.17) is 4.74 Å². The van der Waals surface area contributed by atoms with Gasteiger partial charge in [-0.15, -0.1) is 13.2 Å². The largest absolute Gasteiger partial charge is 0.573 e. The zero-order valence-electron chi connectivity index (χ0n) is 14.8. The number of benzene rings is 1. The first kappa shape index (κ1) is 18.4. The van der Waals surface area contributed by atoms with E-state index >= 15 is 0 Å². The molecule has 1 saturated carbocycles. The number of amides is 2. The Labute approximate surface area is 149 Å². The van der Waals surface area contributed by atoms with Crippen molar-refractivity contribution in [1.82, 2.24) is 10.2 Å². The fourth-order valence-electron chi connectivity index (χ4n) is 3.14. The van der Waals surface area contributed by atoms with Gasteiger partial charge in [-0.3, -0.25) is 4.90 Å². The number of urea groups is 1. The van der Waals surface area contributed by atoms with Gasteiger partial charge in [0.05, 0.1) is 5.54 Å². The summed E-state index contributed by atoms with van der Waals surface area (Å²) in [5.74, 6) is 0.0308. The number of alkyl halides is 3. The summed E-state index contributed by atoms with van der Waals surface area (Å²) in [4.78, 5) is 13.8. The standard InChI is InChI=1S/C18H21F3N2O3/c1-10-5-6-13(9-15(10)26-18(19,20)21)25-14-7-12(8-14)23-11(2)17(3,4)22-16(23)24/h5-6,9,12,14H,2,7-8H2,1,3-4H3,(H,22,24)/t12-,14+. The quantitative estimate of drug-likeness (QED) is 0.867. The third-order valence-electron chi connectivity index (χ3n) is 4.77. The first-order valence-electron chi connectivity index (χ1n) is 8.30. The molecule has 5 nitrogen and oxygen atoms in total. The summed E-state index contributed by atoms with van der Waals surface area (Å²) < 4.78 is 47.1. The van der Waals surface area contributed by atoms with Gasteiger partial charge >= 0.3 is 12.4 Å². The maximum Gasteiger partial charge on any atom is 0.573 e. The fourth-order valence-corrected chi connectivity index (χ4v) is 3.14. The molecule has 2 aliphatic rings. The number of halogens is 3. The van der Waals surface area contributed by atoms with Crippen LogP contribution in [0.25, 0.3) is 0 Å². The summed E-state index contributed by atoms with van der Waals surface area (Å²) in [6.07, 6.45) is -3.75. The molecule has 1 aliphatic carbocycles. The zero-order chi connectivity index (χ0) is 19.3. The predicted octanol–water partition coefficient (Wildman–Crippen LogP) is 4.12. The first-order valence-corrected chi connectivity index (χ1v) is 8.30. The highest BCUT2D eigenvalue weighted by Crippen LogP contribution is 2.38. The van der Waals surface area contributed by atoms with Crippen molar-refractivity contribution in [3.8, 4) is 11.5 Å². The maximum atomic E-state index is 12.4. The minimum atomic E-state index is -4.75. The van der Waals surface area contributed by atoms with E-state index in [1.807, 2.05) is 13.8 Å². The monoisotopic (exact) mass is 370 g/mol. The molecule has 142 valence electrons. The zero-order valence-corrected chi connectivity index (χ0v) is 14.8.